The summed E-state index contributed by atoms with van der Waals surface area (Å²) >= 11 is 3.87. The number of hydrogen-bond donors (Lipinski definition) is 1. The average molecular weight is 381 g/mol. The van der Waals surface area contributed by atoms with Crippen LogP contribution in [0.15, 0.2) is 42.5 Å². The fraction of sp³-hybridized carbons (Fsp3) is 0.278. The minimum atomic E-state index is -0.693. The van der Waals surface area contributed by atoms with E-state index in [0.29, 0.717) is 10.3 Å². The molecule has 0 bridgehead atoms. The van der Waals surface area contributed by atoms with Gasteiger partial charge < -0.3 is 10.1 Å². The standard InChI is InChI=1S/C18H17F2NO2S2/c19-13-4-7-15(20)16(10-13)21-17(22)11-23-14-5-2-12(3-6-14)18-24-8-1-9-25-18/h2-7,10,18H,1,8-9,11H2,(H,21,22). The Balaban J connectivity index is 1.52. The SMILES string of the molecule is O=C(COc1ccc(C2SCCCS2)cc1)Nc1cc(F)ccc1F. The third-order valence-electron chi connectivity index (χ3n) is 3.55. The second kappa shape index (κ2) is 8.58. The predicted octanol–water partition coefficient (Wildman–Crippen LogP) is 4.85. The Morgan fingerprint density at radius 2 is 1.84 bits per heavy atom. The van der Waals surface area contributed by atoms with Gasteiger partial charge in [-0.25, -0.2) is 8.78 Å². The molecule has 0 atom stereocenters. The molecule has 0 radical (unpaired) electrons. The van der Waals surface area contributed by atoms with Crippen LogP contribution in [0.4, 0.5) is 14.5 Å². The van der Waals surface area contributed by atoms with Crippen LogP contribution in [-0.2, 0) is 4.79 Å². The quantitative estimate of drug-likeness (QED) is 0.803. The van der Waals surface area contributed by atoms with E-state index in [-0.39, 0.29) is 12.3 Å². The van der Waals surface area contributed by atoms with Crippen molar-refractivity contribution in [2.45, 2.75) is 11.0 Å². The van der Waals surface area contributed by atoms with E-state index in [1.54, 1.807) is 0 Å². The largest absolute Gasteiger partial charge is 0.484 e. The minimum Gasteiger partial charge on any atom is -0.484 e. The molecule has 0 saturated carbocycles. The lowest BCUT2D eigenvalue weighted by atomic mass is 10.2. The molecule has 1 aliphatic heterocycles. The Kier molecular flexibility index (Phi) is 6.20. The first-order valence-corrected chi connectivity index (χ1v) is 9.92. The van der Waals surface area contributed by atoms with Crippen LogP contribution in [0.3, 0.4) is 0 Å². The van der Waals surface area contributed by atoms with E-state index in [1.165, 1.54) is 23.5 Å². The molecule has 0 spiro atoms. The van der Waals surface area contributed by atoms with E-state index >= 15 is 0 Å². The molecule has 25 heavy (non-hydrogen) atoms. The van der Waals surface area contributed by atoms with E-state index < -0.39 is 17.5 Å². The Morgan fingerprint density at radius 1 is 1.12 bits per heavy atom. The Hall–Kier alpha value is -1.73. The minimum absolute atomic E-state index is 0.199. The van der Waals surface area contributed by atoms with Crippen LogP contribution in [0, 0.1) is 11.6 Å². The van der Waals surface area contributed by atoms with Gasteiger partial charge >= 0.3 is 0 Å². The second-order valence-electron chi connectivity index (χ2n) is 5.46. The van der Waals surface area contributed by atoms with Crippen LogP contribution >= 0.6 is 23.5 Å². The van der Waals surface area contributed by atoms with Gasteiger partial charge in [-0.05, 0) is 47.8 Å². The number of nitrogens with one attached hydrogen (secondary N) is 1. The smallest absolute Gasteiger partial charge is 0.262 e. The second-order valence-corrected chi connectivity index (χ2v) is 8.18. The summed E-state index contributed by atoms with van der Waals surface area (Å²) < 4.78 is 32.4. The van der Waals surface area contributed by atoms with Gasteiger partial charge in [0, 0.05) is 6.07 Å². The molecule has 2 aromatic rings. The number of thioether (sulfide) groups is 2. The topological polar surface area (TPSA) is 38.3 Å². The van der Waals surface area contributed by atoms with E-state index in [0.717, 1.165) is 18.2 Å². The summed E-state index contributed by atoms with van der Waals surface area (Å²) in [5, 5.41) is 2.30. The monoisotopic (exact) mass is 381 g/mol. The molecular formula is C18H17F2NO2S2. The first-order valence-electron chi connectivity index (χ1n) is 7.83. The molecule has 2 aromatic carbocycles. The van der Waals surface area contributed by atoms with Crippen LogP contribution in [0.25, 0.3) is 0 Å². The molecule has 3 nitrogen and oxygen atoms in total. The maximum absolute atomic E-state index is 13.5. The molecule has 1 heterocycles. The number of benzene rings is 2. The van der Waals surface area contributed by atoms with E-state index in [2.05, 4.69) is 5.32 Å². The van der Waals surface area contributed by atoms with Gasteiger partial charge in [-0.2, -0.15) is 0 Å². The summed E-state index contributed by atoms with van der Waals surface area (Å²) in [6.45, 7) is -0.276. The highest BCUT2D eigenvalue weighted by molar-refractivity contribution is 8.16. The summed E-state index contributed by atoms with van der Waals surface area (Å²) in [4.78, 5) is 11.8. The lowest BCUT2D eigenvalue weighted by Crippen LogP contribution is -2.20. The number of carbonyl (C=O) groups excluding carboxylic acids is 1. The maximum atomic E-state index is 13.5. The fourth-order valence-corrected chi connectivity index (χ4v) is 5.22. The number of anilines is 1. The molecule has 1 saturated heterocycles. The number of rotatable bonds is 5. The molecule has 1 aliphatic rings. The van der Waals surface area contributed by atoms with Crippen molar-refractivity contribution in [1.29, 1.82) is 0 Å². The van der Waals surface area contributed by atoms with Crippen molar-refractivity contribution in [1.82, 2.24) is 0 Å². The number of ether oxygens (including phenoxy) is 1. The Labute approximate surface area is 153 Å². The average Bonchev–Trinajstić information content (AvgIpc) is 2.64. The van der Waals surface area contributed by atoms with Gasteiger partial charge in [0.15, 0.2) is 6.61 Å². The normalized spacial score (nSPS) is 15.0. The highest BCUT2D eigenvalue weighted by Crippen LogP contribution is 2.43. The van der Waals surface area contributed by atoms with Gasteiger partial charge in [0.2, 0.25) is 0 Å². The summed E-state index contributed by atoms with van der Waals surface area (Å²) in [7, 11) is 0. The molecule has 1 N–H and O–H groups in total. The van der Waals surface area contributed by atoms with Crippen LogP contribution < -0.4 is 10.1 Å². The summed E-state index contributed by atoms with van der Waals surface area (Å²) in [5.74, 6) is 1.05. The first-order chi connectivity index (χ1) is 12.1. The number of halogens is 2. The van der Waals surface area contributed by atoms with Gasteiger partial charge in [-0.3, -0.25) is 4.79 Å². The molecule has 0 aliphatic carbocycles. The molecule has 3 rings (SSSR count). The Morgan fingerprint density at radius 3 is 2.56 bits per heavy atom. The summed E-state index contributed by atoms with van der Waals surface area (Å²) in [6, 6.07) is 10.5. The molecule has 0 unspecified atom stereocenters. The van der Waals surface area contributed by atoms with Gasteiger partial charge in [0.05, 0.1) is 10.3 Å². The molecule has 0 aromatic heterocycles. The zero-order valence-electron chi connectivity index (χ0n) is 13.3. The van der Waals surface area contributed by atoms with Crippen molar-refractivity contribution in [3.8, 4) is 5.75 Å². The third kappa shape index (κ3) is 5.12. The lowest BCUT2D eigenvalue weighted by Gasteiger charge is -2.21. The van der Waals surface area contributed by atoms with E-state index in [9.17, 15) is 13.6 Å². The molecular weight excluding hydrogens is 364 g/mol. The first kappa shape index (κ1) is 18.1. The third-order valence-corrected chi connectivity index (χ3v) is 6.57. The summed E-state index contributed by atoms with van der Waals surface area (Å²) in [5.41, 5.74) is 1.03. The zero-order valence-corrected chi connectivity index (χ0v) is 15.0. The summed E-state index contributed by atoms with van der Waals surface area (Å²) in [6.07, 6.45) is 1.24. The van der Waals surface area contributed by atoms with Gasteiger partial charge in [0.1, 0.15) is 17.4 Å². The van der Waals surface area contributed by atoms with Crippen molar-refractivity contribution in [2.75, 3.05) is 23.4 Å². The van der Waals surface area contributed by atoms with Gasteiger partial charge in [0.25, 0.3) is 5.91 Å². The van der Waals surface area contributed by atoms with Crippen molar-refractivity contribution in [2.24, 2.45) is 0 Å². The van der Waals surface area contributed by atoms with Crippen molar-refractivity contribution < 1.29 is 18.3 Å². The molecule has 7 heteroatoms. The van der Waals surface area contributed by atoms with Crippen LogP contribution in [0.5, 0.6) is 5.75 Å². The number of hydrogen-bond acceptors (Lipinski definition) is 4. The number of amides is 1. The molecule has 1 amide bonds. The maximum Gasteiger partial charge on any atom is 0.262 e. The highest BCUT2D eigenvalue weighted by atomic mass is 32.2. The zero-order chi connectivity index (χ0) is 17.6. The lowest BCUT2D eigenvalue weighted by molar-refractivity contribution is -0.118. The van der Waals surface area contributed by atoms with E-state index in [4.69, 9.17) is 4.74 Å². The number of carbonyl (C=O) groups is 1. The van der Waals surface area contributed by atoms with Crippen molar-refractivity contribution >= 4 is 35.1 Å². The predicted molar refractivity (Wildman–Crippen MR) is 99.2 cm³/mol. The van der Waals surface area contributed by atoms with Crippen LogP contribution in [-0.4, -0.2) is 24.0 Å². The van der Waals surface area contributed by atoms with Crippen molar-refractivity contribution in [3.63, 3.8) is 0 Å². The van der Waals surface area contributed by atoms with Gasteiger partial charge in [-0.15, -0.1) is 23.5 Å². The van der Waals surface area contributed by atoms with Gasteiger partial charge in [-0.1, -0.05) is 12.1 Å². The van der Waals surface area contributed by atoms with Crippen LogP contribution in [0.2, 0.25) is 0 Å². The Bertz CT molecular complexity index is 734. The molecule has 132 valence electrons. The fourth-order valence-electron chi connectivity index (χ4n) is 2.33. The van der Waals surface area contributed by atoms with Crippen LogP contribution in [0.1, 0.15) is 16.6 Å². The van der Waals surface area contributed by atoms with Crippen molar-refractivity contribution in [3.05, 3.63) is 59.7 Å². The molecule has 1 fully saturated rings. The van der Waals surface area contributed by atoms with E-state index in [1.807, 2.05) is 47.8 Å². The highest BCUT2D eigenvalue weighted by Gasteiger charge is 2.16.